The van der Waals surface area contributed by atoms with Gasteiger partial charge in [0.25, 0.3) is 0 Å². The second-order valence-electron chi connectivity index (χ2n) is 5.87. The van der Waals surface area contributed by atoms with E-state index in [9.17, 15) is 0 Å². The molecule has 1 aliphatic heterocycles. The molecule has 2 rings (SSSR count). The highest BCUT2D eigenvalue weighted by Crippen LogP contribution is 2.21. The number of fused-ring (bicyclic) bond motifs is 1. The Labute approximate surface area is 118 Å². The van der Waals surface area contributed by atoms with Gasteiger partial charge >= 0.3 is 0 Å². The van der Waals surface area contributed by atoms with E-state index < -0.39 is 0 Å². The average Bonchev–Trinajstić information content (AvgIpc) is 2.49. The molecule has 0 saturated heterocycles. The van der Waals surface area contributed by atoms with E-state index in [1.165, 1.54) is 16.7 Å². The van der Waals surface area contributed by atoms with E-state index in [4.69, 9.17) is 4.84 Å². The molecular formula is C15H22BrNO. The third kappa shape index (κ3) is 3.81. The molecule has 1 aliphatic rings. The SMILES string of the molecule is CC(C)(C)ON1CCc2ccc(CBr)cc2CC1. The molecule has 3 heteroatoms. The summed E-state index contributed by atoms with van der Waals surface area (Å²) in [5.74, 6) is 0. The highest BCUT2D eigenvalue weighted by molar-refractivity contribution is 9.08. The van der Waals surface area contributed by atoms with Gasteiger partial charge in [-0.15, -0.1) is 0 Å². The van der Waals surface area contributed by atoms with Gasteiger partial charge in [0.1, 0.15) is 0 Å². The predicted octanol–water partition coefficient (Wildman–Crippen LogP) is 3.71. The molecule has 0 spiro atoms. The third-order valence-electron chi connectivity index (χ3n) is 3.09. The topological polar surface area (TPSA) is 12.5 Å². The van der Waals surface area contributed by atoms with Crippen molar-refractivity contribution in [2.75, 3.05) is 13.1 Å². The smallest absolute Gasteiger partial charge is 0.0815 e. The number of rotatable bonds is 2. The Hall–Kier alpha value is -0.380. The van der Waals surface area contributed by atoms with Gasteiger partial charge in [-0.1, -0.05) is 34.1 Å². The van der Waals surface area contributed by atoms with Crippen LogP contribution in [-0.4, -0.2) is 23.8 Å². The standard InChI is InChI=1S/C15H22BrNO/c1-15(2,3)18-17-8-6-13-5-4-12(11-16)10-14(13)7-9-17/h4-5,10H,6-9,11H2,1-3H3. The quantitative estimate of drug-likeness (QED) is 0.772. The van der Waals surface area contributed by atoms with Crippen LogP contribution < -0.4 is 0 Å². The van der Waals surface area contributed by atoms with Crippen LogP contribution in [0.15, 0.2) is 18.2 Å². The Balaban J connectivity index is 2.07. The summed E-state index contributed by atoms with van der Waals surface area (Å²) in [5.41, 5.74) is 4.21. The molecule has 0 aliphatic carbocycles. The first-order chi connectivity index (χ1) is 8.48. The van der Waals surface area contributed by atoms with Crippen molar-refractivity contribution in [3.05, 3.63) is 34.9 Å². The number of alkyl halides is 1. The summed E-state index contributed by atoms with van der Waals surface area (Å²) < 4.78 is 0. The molecule has 0 unspecified atom stereocenters. The van der Waals surface area contributed by atoms with E-state index >= 15 is 0 Å². The van der Waals surface area contributed by atoms with Crippen LogP contribution in [0.3, 0.4) is 0 Å². The zero-order valence-electron chi connectivity index (χ0n) is 11.5. The summed E-state index contributed by atoms with van der Waals surface area (Å²) in [6.45, 7) is 8.28. The third-order valence-corrected chi connectivity index (χ3v) is 3.74. The van der Waals surface area contributed by atoms with Crippen LogP contribution in [0.2, 0.25) is 0 Å². The zero-order chi connectivity index (χ0) is 13.2. The zero-order valence-corrected chi connectivity index (χ0v) is 13.1. The largest absolute Gasteiger partial charge is 0.293 e. The van der Waals surface area contributed by atoms with Crippen LogP contribution in [0.1, 0.15) is 37.5 Å². The van der Waals surface area contributed by atoms with Gasteiger partial charge in [-0.25, -0.2) is 0 Å². The van der Waals surface area contributed by atoms with Crippen LogP contribution >= 0.6 is 15.9 Å². The predicted molar refractivity (Wildman–Crippen MR) is 78.9 cm³/mol. The summed E-state index contributed by atoms with van der Waals surface area (Å²) in [5, 5.41) is 3.05. The van der Waals surface area contributed by atoms with Gasteiger partial charge in [-0.3, -0.25) is 4.84 Å². The normalized spacial score (nSPS) is 17.3. The maximum Gasteiger partial charge on any atom is 0.0815 e. The highest BCUT2D eigenvalue weighted by Gasteiger charge is 2.20. The van der Waals surface area contributed by atoms with Gasteiger partial charge in [-0.05, 0) is 50.3 Å². The second kappa shape index (κ2) is 5.72. The van der Waals surface area contributed by atoms with Gasteiger partial charge in [0.05, 0.1) is 5.60 Å². The molecule has 0 amide bonds. The molecule has 1 heterocycles. The lowest BCUT2D eigenvalue weighted by atomic mass is 10.0. The summed E-state index contributed by atoms with van der Waals surface area (Å²) in [4.78, 5) is 5.97. The molecule has 0 atom stereocenters. The fourth-order valence-corrected chi connectivity index (χ4v) is 2.67. The Morgan fingerprint density at radius 2 is 1.83 bits per heavy atom. The summed E-state index contributed by atoms with van der Waals surface area (Å²) in [7, 11) is 0. The van der Waals surface area contributed by atoms with E-state index in [1.54, 1.807) is 0 Å². The molecule has 1 aromatic carbocycles. The summed E-state index contributed by atoms with van der Waals surface area (Å²) in [6, 6.07) is 6.81. The number of nitrogens with zero attached hydrogens (tertiary/aromatic N) is 1. The van der Waals surface area contributed by atoms with Crippen molar-refractivity contribution < 1.29 is 4.84 Å². The Morgan fingerprint density at radius 3 is 2.44 bits per heavy atom. The molecule has 100 valence electrons. The van der Waals surface area contributed by atoms with Crippen LogP contribution in [0, 0.1) is 0 Å². The van der Waals surface area contributed by atoms with Crippen molar-refractivity contribution in [3.63, 3.8) is 0 Å². The highest BCUT2D eigenvalue weighted by atomic mass is 79.9. The van der Waals surface area contributed by atoms with Crippen molar-refractivity contribution >= 4 is 15.9 Å². The van der Waals surface area contributed by atoms with Crippen LogP contribution in [-0.2, 0) is 23.0 Å². The molecule has 2 nitrogen and oxygen atoms in total. The molecule has 0 saturated carbocycles. The molecule has 0 bridgehead atoms. The molecule has 0 fully saturated rings. The van der Waals surface area contributed by atoms with E-state index in [0.717, 1.165) is 31.3 Å². The maximum atomic E-state index is 5.97. The lowest BCUT2D eigenvalue weighted by Crippen LogP contribution is -2.35. The van der Waals surface area contributed by atoms with Crippen molar-refractivity contribution in [1.82, 2.24) is 5.06 Å². The number of hydrogen-bond donors (Lipinski definition) is 0. The maximum absolute atomic E-state index is 5.97. The minimum atomic E-state index is -0.0997. The molecule has 1 aromatic rings. The first-order valence-corrected chi connectivity index (χ1v) is 7.71. The Bertz CT molecular complexity index is 411. The lowest BCUT2D eigenvalue weighted by Gasteiger charge is -2.28. The van der Waals surface area contributed by atoms with E-state index in [2.05, 4.69) is 60.0 Å². The second-order valence-corrected chi connectivity index (χ2v) is 6.43. The fourth-order valence-electron chi connectivity index (χ4n) is 2.32. The van der Waals surface area contributed by atoms with Crippen molar-refractivity contribution in [1.29, 1.82) is 0 Å². The van der Waals surface area contributed by atoms with E-state index in [1.807, 2.05) is 0 Å². The van der Waals surface area contributed by atoms with Crippen molar-refractivity contribution in [3.8, 4) is 0 Å². The average molecular weight is 312 g/mol. The Morgan fingerprint density at radius 1 is 1.17 bits per heavy atom. The molecule has 0 N–H and O–H groups in total. The van der Waals surface area contributed by atoms with Crippen LogP contribution in [0.4, 0.5) is 0 Å². The number of benzene rings is 1. The minimum Gasteiger partial charge on any atom is -0.293 e. The van der Waals surface area contributed by atoms with Gasteiger partial charge in [0.15, 0.2) is 0 Å². The number of halogens is 1. The van der Waals surface area contributed by atoms with Crippen LogP contribution in [0.25, 0.3) is 0 Å². The number of hydroxylamine groups is 2. The van der Waals surface area contributed by atoms with Crippen LogP contribution in [0.5, 0.6) is 0 Å². The van der Waals surface area contributed by atoms with Crippen molar-refractivity contribution in [2.45, 2.75) is 44.5 Å². The minimum absolute atomic E-state index is 0.0997. The van der Waals surface area contributed by atoms with Gasteiger partial charge in [0, 0.05) is 18.4 Å². The first kappa shape index (κ1) is 14.0. The summed E-state index contributed by atoms with van der Waals surface area (Å²) in [6.07, 6.45) is 2.15. The molecule has 18 heavy (non-hydrogen) atoms. The van der Waals surface area contributed by atoms with E-state index in [0.29, 0.717) is 0 Å². The summed E-state index contributed by atoms with van der Waals surface area (Å²) >= 11 is 3.52. The van der Waals surface area contributed by atoms with Gasteiger partial charge in [0.2, 0.25) is 0 Å². The fraction of sp³-hybridized carbons (Fsp3) is 0.600. The first-order valence-electron chi connectivity index (χ1n) is 6.59. The monoisotopic (exact) mass is 311 g/mol. The Kier molecular flexibility index (Phi) is 4.46. The van der Waals surface area contributed by atoms with Gasteiger partial charge < -0.3 is 0 Å². The number of hydrogen-bond acceptors (Lipinski definition) is 2. The molecular weight excluding hydrogens is 290 g/mol. The lowest BCUT2D eigenvalue weighted by molar-refractivity contribution is -0.226. The van der Waals surface area contributed by atoms with E-state index in [-0.39, 0.29) is 5.60 Å². The van der Waals surface area contributed by atoms with Crippen molar-refractivity contribution in [2.24, 2.45) is 0 Å². The molecule has 0 aromatic heterocycles. The van der Waals surface area contributed by atoms with Gasteiger partial charge in [-0.2, -0.15) is 5.06 Å². The molecule has 0 radical (unpaired) electrons.